The number of carbonyl (C=O) groups is 4. The van der Waals surface area contributed by atoms with Crippen LogP contribution in [0, 0.1) is 0 Å². The Bertz CT molecular complexity index is 502. The Labute approximate surface area is 176 Å². The number of amides is 2. The molecule has 2 amide bonds. The maximum absolute atomic E-state index is 12.4. The van der Waals surface area contributed by atoms with Gasteiger partial charge in [0.1, 0.15) is 6.04 Å². The Morgan fingerprint density at radius 1 is 0.962 bits per heavy atom. The zero-order chi connectivity index (χ0) is 19.2. The van der Waals surface area contributed by atoms with Crippen LogP contribution in [-0.2, 0) is 23.9 Å². The van der Waals surface area contributed by atoms with E-state index in [4.69, 9.17) is 4.74 Å². The van der Waals surface area contributed by atoms with E-state index >= 15 is 0 Å². The molecule has 0 N–H and O–H groups in total. The maximum atomic E-state index is 12.4. The van der Waals surface area contributed by atoms with E-state index in [2.05, 4.69) is 0 Å². The van der Waals surface area contributed by atoms with Gasteiger partial charge in [-0.2, -0.15) is 0 Å². The number of aliphatic carboxylic acids is 1. The third-order valence-corrected chi connectivity index (χ3v) is 3.14. The van der Waals surface area contributed by atoms with Crippen LogP contribution in [0.4, 0.5) is 0 Å². The Balaban J connectivity index is 0. The molecule has 1 atom stereocenters. The zero-order valence-electron chi connectivity index (χ0n) is 16.0. The molecule has 0 saturated carbocycles. The average Bonchev–Trinajstić information content (AvgIpc) is 2.54. The van der Waals surface area contributed by atoms with Gasteiger partial charge in [-0.15, -0.1) is 0 Å². The summed E-state index contributed by atoms with van der Waals surface area (Å²) in [7, 11) is 0. The van der Waals surface area contributed by atoms with Gasteiger partial charge in [0.15, 0.2) is 0 Å². The molecular weight excluding hydrogens is 349 g/mol. The van der Waals surface area contributed by atoms with Gasteiger partial charge in [0.25, 0.3) is 11.8 Å². The number of carbonyl (C=O) groups excluding carboxylic acids is 4. The number of nitrogens with zero attached hydrogens (tertiary/aromatic N) is 1. The van der Waals surface area contributed by atoms with Crippen LogP contribution in [0.25, 0.3) is 0 Å². The van der Waals surface area contributed by atoms with E-state index in [0.29, 0.717) is 17.7 Å². The van der Waals surface area contributed by atoms with E-state index in [1.54, 1.807) is 19.1 Å². The number of allylic oxidation sites excluding steroid dienone is 2. The molecule has 0 spiro atoms. The van der Waals surface area contributed by atoms with Gasteiger partial charge in [0, 0.05) is 12.4 Å². The fourth-order valence-electron chi connectivity index (χ4n) is 1.95. The SMILES string of the molecule is CCC/C=C/C(=O)N(C(=O)/C=C/CCC)C(CC(=O)[O-])C(=O)OCC.[Na+]. The number of esters is 1. The van der Waals surface area contributed by atoms with Crippen LogP contribution in [0.1, 0.15) is 52.9 Å². The largest absolute Gasteiger partial charge is 1.00 e. The van der Waals surface area contributed by atoms with E-state index in [-0.39, 0.29) is 36.2 Å². The van der Waals surface area contributed by atoms with Crippen molar-refractivity contribution in [3.8, 4) is 0 Å². The molecule has 0 saturated heterocycles. The van der Waals surface area contributed by atoms with E-state index in [1.165, 1.54) is 0 Å². The average molecular weight is 375 g/mol. The fourth-order valence-corrected chi connectivity index (χ4v) is 1.95. The normalized spacial score (nSPS) is 11.8. The Kier molecular flexibility index (Phi) is 16.3. The first-order chi connectivity index (χ1) is 11.9. The Morgan fingerprint density at radius 3 is 1.77 bits per heavy atom. The Morgan fingerprint density at radius 2 is 1.42 bits per heavy atom. The maximum Gasteiger partial charge on any atom is 1.00 e. The van der Waals surface area contributed by atoms with Gasteiger partial charge >= 0.3 is 35.5 Å². The molecule has 140 valence electrons. The quantitative estimate of drug-likeness (QED) is 0.238. The van der Waals surface area contributed by atoms with E-state index in [1.807, 2.05) is 13.8 Å². The molecule has 0 rings (SSSR count). The van der Waals surface area contributed by atoms with Crippen LogP contribution in [0.3, 0.4) is 0 Å². The summed E-state index contributed by atoms with van der Waals surface area (Å²) < 4.78 is 4.81. The molecule has 1 unspecified atom stereocenters. The number of ether oxygens (including phenoxy) is 1. The molecule has 0 aliphatic carbocycles. The standard InChI is InChI=1S/C18H27NO6.Na/c1-4-7-9-11-15(20)19(16(21)12-10-8-5-2)14(13-17(22)23)18(24)25-6-3;/h9-12,14H,4-8,13H2,1-3H3,(H,22,23);/q;+1/p-1/b11-9+,12-10+;. The van der Waals surface area contributed by atoms with Crippen LogP contribution in [0.2, 0.25) is 0 Å². The van der Waals surface area contributed by atoms with Crippen molar-refractivity contribution in [2.24, 2.45) is 0 Å². The van der Waals surface area contributed by atoms with Gasteiger partial charge in [-0.05, 0) is 31.9 Å². The second-order valence-corrected chi connectivity index (χ2v) is 5.27. The Hall–Kier alpha value is -1.44. The second kappa shape index (κ2) is 15.8. The van der Waals surface area contributed by atoms with Crippen molar-refractivity contribution in [3.05, 3.63) is 24.3 Å². The summed E-state index contributed by atoms with van der Waals surface area (Å²) in [6, 6.07) is -1.57. The van der Waals surface area contributed by atoms with Crippen LogP contribution < -0.4 is 34.7 Å². The molecule has 0 aromatic heterocycles. The smallest absolute Gasteiger partial charge is 0.550 e. The predicted molar refractivity (Wildman–Crippen MR) is 90.0 cm³/mol. The summed E-state index contributed by atoms with van der Waals surface area (Å²) in [5.41, 5.74) is 0. The van der Waals surface area contributed by atoms with Crippen molar-refractivity contribution in [1.29, 1.82) is 0 Å². The van der Waals surface area contributed by atoms with Crippen LogP contribution in [-0.4, -0.2) is 41.3 Å². The zero-order valence-corrected chi connectivity index (χ0v) is 18.0. The fraction of sp³-hybridized carbons (Fsp3) is 0.556. The molecule has 0 aromatic rings. The molecule has 8 heteroatoms. The number of unbranched alkanes of at least 4 members (excludes halogenated alkanes) is 2. The molecule has 0 aliphatic rings. The van der Waals surface area contributed by atoms with Crippen molar-refractivity contribution in [1.82, 2.24) is 4.90 Å². The first kappa shape index (κ1) is 26.8. The molecule has 0 bridgehead atoms. The van der Waals surface area contributed by atoms with Crippen molar-refractivity contribution >= 4 is 23.8 Å². The molecule has 0 radical (unpaired) electrons. The number of imide groups is 1. The van der Waals surface area contributed by atoms with Gasteiger partial charge in [-0.1, -0.05) is 38.8 Å². The first-order valence-electron chi connectivity index (χ1n) is 8.45. The summed E-state index contributed by atoms with van der Waals surface area (Å²) >= 11 is 0. The van der Waals surface area contributed by atoms with Crippen LogP contribution in [0.5, 0.6) is 0 Å². The summed E-state index contributed by atoms with van der Waals surface area (Å²) in [6.45, 7) is 5.38. The number of rotatable bonds is 11. The molecule has 0 fully saturated rings. The summed E-state index contributed by atoms with van der Waals surface area (Å²) in [5.74, 6) is -4.04. The molecule has 7 nitrogen and oxygen atoms in total. The number of carboxylic acid groups (broad SMARTS) is 1. The second-order valence-electron chi connectivity index (χ2n) is 5.27. The summed E-state index contributed by atoms with van der Waals surface area (Å²) in [6.07, 6.45) is 7.48. The molecule has 26 heavy (non-hydrogen) atoms. The monoisotopic (exact) mass is 375 g/mol. The van der Waals surface area contributed by atoms with E-state index in [0.717, 1.165) is 25.0 Å². The van der Waals surface area contributed by atoms with Gasteiger partial charge < -0.3 is 14.6 Å². The molecule has 0 aromatic carbocycles. The third-order valence-electron chi connectivity index (χ3n) is 3.14. The van der Waals surface area contributed by atoms with Crippen molar-refractivity contribution in [2.45, 2.75) is 58.9 Å². The minimum Gasteiger partial charge on any atom is -0.550 e. The third kappa shape index (κ3) is 10.5. The number of hydrogen-bond acceptors (Lipinski definition) is 6. The van der Waals surface area contributed by atoms with Crippen molar-refractivity contribution in [3.63, 3.8) is 0 Å². The van der Waals surface area contributed by atoms with Gasteiger partial charge in [0.05, 0.1) is 6.61 Å². The molecular formula is C18H26NNaO6. The van der Waals surface area contributed by atoms with Gasteiger partial charge in [-0.25, -0.2) is 4.79 Å². The molecule has 0 aliphatic heterocycles. The van der Waals surface area contributed by atoms with Crippen LogP contribution in [0.15, 0.2) is 24.3 Å². The number of carboxylic acids is 1. The topological polar surface area (TPSA) is 104 Å². The number of hydrogen-bond donors (Lipinski definition) is 0. The van der Waals surface area contributed by atoms with E-state index < -0.39 is 36.2 Å². The minimum absolute atomic E-state index is 0. The van der Waals surface area contributed by atoms with Gasteiger partial charge in [0.2, 0.25) is 0 Å². The first-order valence-corrected chi connectivity index (χ1v) is 8.45. The molecule has 0 heterocycles. The van der Waals surface area contributed by atoms with Crippen LogP contribution >= 0.6 is 0 Å². The predicted octanol–water partition coefficient (Wildman–Crippen LogP) is -1.87. The van der Waals surface area contributed by atoms with Gasteiger partial charge in [-0.3, -0.25) is 14.5 Å². The van der Waals surface area contributed by atoms with Crippen molar-refractivity contribution < 1.29 is 58.6 Å². The summed E-state index contributed by atoms with van der Waals surface area (Å²) in [5, 5.41) is 11.0. The van der Waals surface area contributed by atoms with Crippen molar-refractivity contribution in [2.75, 3.05) is 6.61 Å². The summed E-state index contributed by atoms with van der Waals surface area (Å²) in [4.78, 5) is 48.5. The minimum atomic E-state index is -1.57. The van der Waals surface area contributed by atoms with E-state index in [9.17, 15) is 24.3 Å².